The molecule has 4 atom stereocenters. The molecule has 1 aliphatic rings. The molecule has 7 heteroatoms. The van der Waals surface area contributed by atoms with Crippen molar-refractivity contribution < 1.29 is 28.6 Å². The molecule has 0 spiro atoms. The molecule has 1 saturated heterocycles. The largest absolute Gasteiger partial charge is 0.469 e. The van der Waals surface area contributed by atoms with E-state index in [0.29, 0.717) is 0 Å². The molecule has 1 aromatic carbocycles. The second-order valence-electron chi connectivity index (χ2n) is 5.79. The van der Waals surface area contributed by atoms with Crippen molar-refractivity contribution in [2.75, 3.05) is 20.8 Å². The molecule has 0 aliphatic carbocycles. The van der Waals surface area contributed by atoms with Crippen molar-refractivity contribution in [3.63, 3.8) is 0 Å². The molecule has 1 heterocycles. The Kier molecular flexibility index (Phi) is 6.91. The second kappa shape index (κ2) is 9.15. The van der Waals surface area contributed by atoms with Gasteiger partial charge < -0.3 is 19.5 Å². The summed E-state index contributed by atoms with van der Waals surface area (Å²) >= 11 is 0. The lowest BCUT2D eigenvalue weighted by atomic mass is 9.84. The summed E-state index contributed by atoms with van der Waals surface area (Å²) in [4.78, 5) is 36.4. The van der Waals surface area contributed by atoms with E-state index in [4.69, 9.17) is 14.2 Å². The van der Waals surface area contributed by atoms with Gasteiger partial charge in [-0.05, 0) is 12.5 Å². The highest BCUT2D eigenvalue weighted by Gasteiger charge is 2.51. The van der Waals surface area contributed by atoms with Gasteiger partial charge in [-0.25, -0.2) is 4.79 Å². The van der Waals surface area contributed by atoms with Gasteiger partial charge in [-0.15, -0.1) is 0 Å². The first kappa shape index (κ1) is 19.7. The number of hydrogen-bond donors (Lipinski definition) is 1. The van der Waals surface area contributed by atoms with E-state index in [0.717, 1.165) is 5.56 Å². The quantitative estimate of drug-likeness (QED) is 0.465. The van der Waals surface area contributed by atoms with Gasteiger partial charge in [0.25, 0.3) is 0 Å². The van der Waals surface area contributed by atoms with Crippen molar-refractivity contribution in [3.8, 4) is 0 Å². The maximum absolute atomic E-state index is 12.4. The monoisotopic (exact) mass is 361 g/mol. The zero-order valence-electron chi connectivity index (χ0n) is 15.0. The van der Waals surface area contributed by atoms with Gasteiger partial charge in [0.05, 0.1) is 32.7 Å². The van der Waals surface area contributed by atoms with Gasteiger partial charge in [0, 0.05) is 18.2 Å². The van der Waals surface area contributed by atoms with Crippen LogP contribution in [0.1, 0.15) is 18.5 Å². The van der Waals surface area contributed by atoms with Gasteiger partial charge in [-0.1, -0.05) is 36.4 Å². The molecule has 0 saturated carbocycles. The summed E-state index contributed by atoms with van der Waals surface area (Å²) in [6.45, 7) is 1.95. The van der Waals surface area contributed by atoms with Crippen molar-refractivity contribution in [2.45, 2.75) is 19.0 Å². The van der Waals surface area contributed by atoms with E-state index in [1.54, 1.807) is 6.92 Å². The van der Waals surface area contributed by atoms with Crippen LogP contribution < -0.4 is 5.32 Å². The van der Waals surface area contributed by atoms with E-state index in [-0.39, 0.29) is 6.61 Å². The predicted molar refractivity (Wildman–Crippen MR) is 92.9 cm³/mol. The van der Waals surface area contributed by atoms with E-state index in [9.17, 15) is 14.4 Å². The Morgan fingerprint density at radius 1 is 1.04 bits per heavy atom. The molecule has 1 aromatic rings. The zero-order chi connectivity index (χ0) is 19.1. The minimum absolute atomic E-state index is 0.249. The van der Waals surface area contributed by atoms with Gasteiger partial charge in [0.15, 0.2) is 0 Å². The van der Waals surface area contributed by atoms with E-state index in [1.807, 2.05) is 30.3 Å². The Bertz CT molecular complexity index is 672. The molecular formula is C19H23NO6. The average molecular weight is 361 g/mol. The predicted octanol–water partition coefficient (Wildman–Crippen LogP) is 1.40. The van der Waals surface area contributed by atoms with Crippen LogP contribution in [0, 0.1) is 11.8 Å². The number of rotatable bonds is 6. The number of benzene rings is 1. The Labute approximate surface area is 152 Å². The summed E-state index contributed by atoms with van der Waals surface area (Å²) in [5.41, 5.74) is 0.837. The third-order valence-electron chi connectivity index (χ3n) is 4.34. The minimum Gasteiger partial charge on any atom is -0.469 e. The van der Waals surface area contributed by atoms with Crippen molar-refractivity contribution in [3.05, 3.63) is 48.0 Å². The second-order valence-corrected chi connectivity index (χ2v) is 5.79. The van der Waals surface area contributed by atoms with Crippen LogP contribution in [-0.4, -0.2) is 44.8 Å². The van der Waals surface area contributed by atoms with E-state index in [1.165, 1.54) is 26.4 Å². The molecule has 1 fully saturated rings. The summed E-state index contributed by atoms with van der Waals surface area (Å²) in [6.07, 6.45) is 2.78. The molecule has 26 heavy (non-hydrogen) atoms. The number of ether oxygens (including phenoxy) is 3. The molecule has 0 radical (unpaired) electrons. The molecule has 0 unspecified atom stereocenters. The molecule has 0 amide bonds. The SMILES string of the molecule is CCOC(=O)/C=C/[C@@H]1N[C@H](c2ccccc2)[C@H](C(=O)OC)[C@@H]1C(=O)OC. The number of hydrogen-bond acceptors (Lipinski definition) is 7. The average Bonchev–Trinajstić information content (AvgIpc) is 3.05. The van der Waals surface area contributed by atoms with Gasteiger partial charge in [0.1, 0.15) is 0 Å². The van der Waals surface area contributed by atoms with Crippen molar-refractivity contribution in [2.24, 2.45) is 11.8 Å². The van der Waals surface area contributed by atoms with Crippen LogP contribution in [0.3, 0.4) is 0 Å². The molecular weight excluding hydrogens is 338 g/mol. The number of carbonyl (C=O) groups excluding carboxylic acids is 3. The van der Waals surface area contributed by atoms with Crippen LogP contribution in [0.25, 0.3) is 0 Å². The van der Waals surface area contributed by atoms with E-state index in [2.05, 4.69) is 5.32 Å². The first-order chi connectivity index (χ1) is 12.5. The summed E-state index contributed by atoms with van der Waals surface area (Å²) in [5.74, 6) is -3.20. The van der Waals surface area contributed by atoms with Crippen LogP contribution in [0.2, 0.25) is 0 Å². The smallest absolute Gasteiger partial charge is 0.330 e. The summed E-state index contributed by atoms with van der Waals surface area (Å²) in [6, 6.07) is 8.24. The Balaban J connectivity index is 2.39. The van der Waals surface area contributed by atoms with Gasteiger partial charge in [-0.3, -0.25) is 9.59 Å². The molecule has 7 nitrogen and oxygen atoms in total. The molecule has 0 aromatic heterocycles. The minimum atomic E-state index is -0.830. The van der Waals surface area contributed by atoms with Crippen LogP contribution >= 0.6 is 0 Å². The summed E-state index contributed by atoms with van der Waals surface area (Å²) in [7, 11) is 2.54. The van der Waals surface area contributed by atoms with E-state index >= 15 is 0 Å². The maximum atomic E-state index is 12.4. The lowest BCUT2D eigenvalue weighted by Gasteiger charge is -2.21. The number of methoxy groups -OCH3 is 2. The molecule has 2 rings (SSSR count). The topological polar surface area (TPSA) is 90.9 Å². The third-order valence-corrected chi connectivity index (χ3v) is 4.34. The highest BCUT2D eigenvalue weighted by atomic mass is 16.5. The Hall–Kier alpha value is -2.67. The molecule has 1 N–H and O–H groups in total. The Morgan fingerprint density at radius 3 is 2.23 bits per heavy atom. The summed E-state index contributed by atoms with van der Waals surface area (Å²) in [5, 5.41) is 3.24. The molecule has 140 valence electrons. The lowest BCUT2D eigenvalue weighted by Crippen LogP contribution is -2.35. The number of nitrogens with one attached hydrogen (secondary N) is 1. The summed E-state index contributed by atoms with van der Waals surface area (Å²) < 4.78 is 14.7. The van der Waals surface area contributed by atoms with Crippen LogP contribution in [0.4, 0.5) is 0 Å². The third kappa shape index (κ3) is 4.29. The molecule has 1 aliphatic heterocycles. The lowest BCUT2D eigenvalue weighted by molar-refractivity contribution is -0.156. The van der Waals surface area contributed by atoms with Crippen LogP contribution in [0.5, 0.6) is 0 Å². The fourth-order valence-electron chi connectivity index (χ4n) is 3.21. The Morgan fingerprint density at radius 2 is 1.65 bits per heavy atom. The van der Waals surface area contributed by atoms with Crippen molar-refractivity contribution in [1.29, 1.82) is 0 Å². The molecule has 0 bridgehead atoms. The maximum Gasteiger partial charge on any atom is 0.330 e. The van der Waals surface area contributed by atoms with Gasteiger partial charge >= 0.3 is 17.9 Å². The fraction of sp³-hybridized carbons (Fsp3) is 0.421. The fourth-order valence-corrected chi connectivity index (χ4v) is 3.21. The van der Waals surface area contributed by atoms with Gasteiger partial charge in [-0.2, -0.15) is 0 Å². The van der Waals surface area contributed by atoms with Gasteiger partial charge in [0.2, 0.25) is 0 Å². The first-order valence-corrected chi connectivity index (χ1v) is 8.35. The number of esters is 3. The van der Waals surface area contributed by atoms with Crippen molar-refractivity contribution >= 4 is 17.9 Å². The first-order valence-electron chi connectivity index (χ1n) is 8.35. The highest BCUT2D eigenvalue weighted by Crippen LogP contribution is 2.39. The van der Waals surface area contributed by atoms with E-state index < -0.39 is 41.8 Å². The normalized spacial score (nSPS) is 25.0. The zero-order valence-corrected chi connectivity index (χ0v) is 15.0. The standard InChI is InChI=1S/C19H23NO6/c1-4-26-14(21)11-10-13-15(18(22)24-2)16(19(23)25-3)17(20-13)12-8-6-5-7-9-12/h5-11,13,15-17,20H,4H2,1-3H3/b11-10+/t13-,15+,16+,17+/m0/s1. The number of carbonyl (C=O) groups is 3. The van der Waals surface area contributed by atoms with Crippen LogP contribution in [0.15, 0.2) is 42.5 Å². The van der Waals surface area contributed by atoms with Crippen molar-refractivity contribution in [1.82, 2.24) is 5.32 Å². The van der Waals surface area contributed by atoms with Crippen LogP contribution in [-0.2, 0) is 28.6 Å². The highest BCUT2D eigenvalue weighted by molar-refractivity contribution is 5.86.